The Bertz CT molecular complexity index is 837. The molecule has 1 aliphatic rings. The van der Waals surface area contributed by atoms with Crippen LogP contribution in [0.25, 0.3) is 0 Å². The highest BCUT2D eigenvalue weighted by Gasteiger charge is 2.26. The number of likely N-dealkylation sites (N-methyl/N-ethyl adjacent to an activating group) is 1. The van der Waals surface area contributed by atoms with Crippen molar-refractivity contribution >= 4 is 5.91 Å². The molecule has 1 unspecified atom stereocenters. The van der Waals surface area contributed by atoms with Gasteiger partial charge in [-0.1, -0.05) is 24.3 Å². The number of nitrogens with zero attached hydrogens (tertiary/aromatic N) is 2. The van der Waals surface area contributed by atoms with Crippen LogP contribution in [0.4, 0.5) is 0 Å². The van der Waals surface area contributed by atoms with Gasteiger partial charge in [-0.15, -0.1) is 0 Å². The van der Waals surface area contributed by atoms with Crippen molar-refractivity contribution in [3.63, 3.8) is 0 Å². The fourth-order valence-electron chi connectivity index (χ4n) is 3.13. The van der Waals surface area contributed by atoms with E-state index < -0.39 is 11.2 Å². The molecule has 1 aromatic carbocycles. The highest BCUT2D eigenvalue weighted by atomic mass is 16.2. The first-order valence-electron chi connectivity index (χ1n) is 7.69. The fraction of sp³-hybridized carbons (Fsp3) is 0.353. The number of hydrogen-bond donors (Lipinski definition) is 1. The van der Waals surface area contributed by atoms with Gasteiger partial charge in [0, 0.05) is 19.3 Å². The number of rotatable bonds is 3. The van der Waals surface area contributed by atoms with Gasteiger partial charge in [-0.05, 0) is 30.4 Å². The standard InChI is InChI=1S/C17H19N3O3/c1-19(14-8-4-6-12-5-2-3-7-13(12)14)16(22)11-20-10-9-15(21)18-17(20)23/h2-3,5,7,9-10,14H,4,6,8,11H2,1H3,(H,18,21,23). The van der Waals surface area contributed by atoms with Gasteiger partial charge in [-0.3, -0.25) is 19.1 Å². The van der Waals surface area contributed by atoms with Crippen LogP contribution in [0.2, 0.25) is 0 Å². The molecular formula is C17H19N3O3. The van der Waals surface area contributed by atoms with Crippen molar-refractivity contribution in [3.8, 4) is 0 Å². The molecule has 0 aliphatic heterocycles. The van der Waals surface area contributed by atoms with Gasteiger partial charge >= 0.3 is 5.69 Å². The molecule has 1 N–H and O–H groups in total. The Hall–Kier alpha value is -2.63. The molecule has 120 valence electrons. The summed E-state index contributed by atoms with van der Waals surface area (Å²) in [7, 11) is 1.77. The zero-order valence-corrected chi connectivity index (χ0v) is 13.0. The molecule has 0 radical (unpaired) electrons. The Morgan fingerprint density at radius 2 is 2.09 bits per heavy atom. The maximum atomic E-state index is 12.5. The third-order valence-corrected chi connectivity index (χ3v) is 4.40. The minimum absolute atomic E-state index is 0.0333. The number of aryl methyl sites for hydroxylation is 1. The number of amides is 1. The molecule has 0 spiro atoms. The predicted molar refractivity (Wildman–Crippen MR) is 86.2 cm³/mol. The SMILES string of the molecule is CN(C(=O)Cn1ccc(=O)[nH]c1=O)C1CCCc2ccccc21. The van der Waals surface area contributed by atoms with Gasteiger partial charge in [0.1, 0.15) is 6.54 Å². The molecule has 0 saturated heterocycles. The van der Waals surface area contributed by atoms with E-state index >= 15 is 0 Å². The van der Waals surface area contributed by atoms with Crippen molar-refractivity contribution in [1.29, 1.82) is 0 Å². The average Bonchev–Trinajstić information content (AvgIpc) is 2.56. The average molecular weight is 313 g/mol. The summed E-state index contributed by atoms with van der Waals surface area (Å²) in [6.45, 7) is -0.0786. The molecule has 1 amide bonds. The molecule has 2 aromatic rings. The second-order valence-electron chi connectivity index (χ2n) is 5.85. The lowest BCUT2D eigenvalue weighted by atomic mass is 9.87. The van der Waals surface area contributed by atoms with Crippen LogP contribution in [0.1, 0.15) is 30.0 Å². The molecule has 23 heavy (non-hydrogen) atoms. The van der Waals surface area contributed by atoms with E-state index in [9.17, 15) is 14.4 Å². The summed E-state index contributed by atoms with van der Waals surface area (Å²) in [6.07, 6.45) is 4.34. The zero-order valence-electron chi connectivity index (χ0n) is 13.0. The molecule has 1 aromatic heterocycles. The highest BCUT2D eigenvalue weighted by Crippen LogP contribution is 2.33. The second kappa shape index (κ2) is 6.24. The van der Waals surface area contributed by atoms with E-state index in [0.717, 1.165) is 19.3 Å². The fourth-order valence-corrected chi connectivity index (χ4v) is 3.13. The van der Waals surface area contributed by atoms with Gasteiger partial charge in [0.05, 0.1) is 6.04 Å². The number of nitrogens with one attached hydrogen (secondary N) is 1. The molecule has 6 nitrogen and oxygen atoms in total. The van der Waals surface area contributed by atoms with Crippen LogP contribution < -0.4 is 11.2 Å². The van der Waals surface area contributed by atoms with Crippen LogP contribution in [0.5, 0.6) is 0 Å². The van der Waals surface area contributed by atoms with Gasteiger partial charge in [0.2, 0.25) is 5.91 Å². The van der Waals surface area contributed by atoms with Crippen LogP contribution in [0.3, 0.4) is 0 Å². The van der Waals surface area contributed by atoms with Gasteiger partial charge in [0.25, 0.3) is 5.56 Å². The summed E-state index contributed by atoms with van der Waals surface area (Å²) in [6, 6.07) is 9.45. The van der Waals surface area contributed by atoms with Gasteiger partial charge in [-0.25, -0.2) is 4.79 Å². The minimum atomic E-state index is -0.566. The number of carbonyl (C=O) groups is 1. The summed E-state index contributed by atoms with van der Waals surface area (Å²) in [5.41, 5.74) is 1.43. The Labute approximate surface area is 133 Å². The quantitative estimate of drug-likeness (QED) is 0.921. The van der Waals surface area contributed by atoms with E-state index in [4.69, 9.17) is 0 Å². The minimum Gasteiger partial charge on any atom is -0.337 e. The van der Waals surface area contributed by atoms with Gasteiger partial charge < -0.3 is 4.90 Å². The number of aromatic amines is 1. The molecule has 1 atom stereocenters. The second-order valence-corrected chi connectivity index (χ2v) is 5.85. The Morgan fingerprint density at radius 1 is 1.30 bits per heavy atom. The summed E-state index contributed by atoms with van der Waals surface area (Å²) in [5, 5.41) is 0. The van der Waals surface area contributed by atoms with E-state index in [1.165, 1.54) is 28.0 Å². The van der Waals surface area contributed by atoms with E-state index in [-0.39, 0.29) is 18.5 Å². The van der Waals surface area contributed by atoms with Crippen LogP contribution >= 0.6 is 0 Å². The lowest BCUT2D eigenvalue weighted by Gasteiger charge is -2.33. The third-order valence-electron chi connectivity index (χ3n) is 4.40. The molecule has 1 heterocycles. The first-order chi connectivity index (χ1) is 11.1. The van der Waals surface area contributed by atoms with E-state index in [1.54, 1.807) is 11.9 Å². The summed E-state index contributed by atoms with van der Waals surface area (Å²) < 4.78 is 1.22. The smallest absolute Gasteiger partial charge is 0.328 e. The zero-order chi connectivity index (χ0) is 16.4. The Morgan fingerprint density at radius 3 is 2.87 bits per heavy atom. The summed E-state index contributed by atoms with van der Waals surface area (Å²) in [5.74, 6) is -0.152. The summed E-state index contributed by atoms with van der Waals surface area (Å²) >= 11 is 0. The highest BCUT2D eigenvalue weighted by molar-refractivity contribution is 5.76. The maximum absolute atomic E-state index is 12.5. The normalized spacial score (nSPS) is 16.7. The van der Waals surface area contributed by atoms with Gasteiger partial charge in [-0.2, -0.15) is 0 Å². The van der Waals surface area contributed by atoms with Crippen molar-refractivity contribution < 1.29 is 4.79 Å². The number of H-pyrrole nitrogens is 1. The van der Waals surface area contributed by atoms with Crippen molar-refractivity contribution in [2.24, 2.45) is 0 Å². The van der Waals surface area contributed by atoms with Crippen LogP contribution in [-0.2, 0) is 17.8 Å². The van der Waals surface area contributed by atoms with E-state index in [0.29, 0.717) is 0 Å². The molecular weight excluding hydrogens is 294 g/mol. The molecule has 0 bridgehead atoms. The van der Waals surface area contributed by atoms with Crippen LogP contribution in [0, 0.1) is 0 Å². The lowest BCUT2D eigenvalue weighted by Crippen LogP contribution is -2.39. The first kappa shape index (κ1) is 15.3. The third kappa shape index (κ3) is 3.11. The van der Waals surface area contributed by atoms with Crippen LogP contribution in [0.15, 0.2) is 46.1 Å². The van der Waals surface area contributed by atoms with Crippen LogP contribution in [-0.4, -0.2) is 27.4 Å². The molecule has 3 rings (SSSR count). The Balaban J connectivity index is 1.81. The van der Waals surface area contributed by atoms with Crippen molar-refractivity contribution in [1.82, 2.24) is 14.5 Å². The Kier molecular flexibility index (Phi) is 4.14. The number of fused-ring (bicyclic) bond motifs is 1. The monoisotopic (exact) mass is 313 g/mol. The number of benzene rings is 1. The van der Waals surface area contributed by atoms with E-state index in [1.807, 2.05) is 12.1 Å². The molecule has 6 heteroatoms. The maximum Gasteiger partial charge on any atom is 0.328 e. The molecule has 0 saturated carbocycles. The molecule has 0 fully saturated rings. The number of carbonyl (C=O) groups excluding carboxylic acids is 1. The topological polar surface area (TPSA) is 75.2 Å². The first-order valence-corrected chi connectivity index (χ1v) is 7.69. The largest absolute Gasteiger partial charge is 0.337 e. The van der Waals surface area contributed by atoms with Crippen molar-refractivity contribution in [2.75, 3.05) is 7.05 Å². The molecule has 1 aliphatic carbocycles. The van der Waals surface area contributed by atoms with Crippen molar-refractivity contribution in [3.05, 3.63) is 68.5 Å². The number of aromatic nitrogens is 2. The van der Waals surface area contributed by atoms with Crippen molar-refractivity contribution in [2.45, 2.75) is 31.8 Å². The lowest BCUT2D eigenvalue weighted by molar-refractivity contribution is -0.133. The number of hydrogen-bond acceptors (Lipinski definition) is 3. The summed E-state index contributed by atoms with van der Waals surface area (Å²) in [4.78, 5) is 39.2. The predicted octanol–water partition coefficient (Wildman–Crippen LogP) is 1.07. The van der Waals surface area contributed by atoms with Gasteiger partial charge in [0.15, 0.2) is 0 Å². The van der Waals surface area contributed by atoms with E-state index in [2.05, 4.69) is 17.1 Å².